The van der Waals surface area contributed by atoms with Gasteiger partial charge in [-0.1, -0.05) is 66.7 Å². The standard InChI is InChI=1S/C33H34O8/c1-36-31-26(17-18-28(32(31)37-2)41-21-23-13-9-6-10-14-23)29(33(38-3)39-4)30(35)25-16-15-24(19-27(25)34)40-20-22-11-7-5-8-12-22/h5-19,29,33-34H,20-21H2,1-4H3. The van der Waals surface area contributed by atoms with Gasteiger partial charge in [0.15, 0.2) is 23.6 Å². The van der Waals surface area contributed by atoms with E-state index in [9.17, 15) is 9.90 Å². The number of aromatic hydroxyl groups is 1. The Kier molecular flexibility index (Phi) is 10.2. The Morgan fingerprint density at radius 2 is 1.29 bits per heavy atom. The van der Waals surface area contributed by atoms with Crippen LogP contribution in [0.2, 0.25) is 0 Å². The number of Topliss-reactive ketones (excluding diaryl/α,β-unsaturated/α-hetero) is 1. The van der Waals surface area contributed by atoms with Crippen LogP contribution < -0.4 is 18.9 Å². The Hall–Kier alpha value is -4.53. The van der Waals surface area contributed by atoms with E-state index in [2.05, 4.69) is 0 Å². The first-order chi connectivity index (χ1) is 20.0. The first-order valence-corrected chi connectivity index (χ1v) is 13.0. The number of ether oxygens (including phenoxy) is 6. The molecule has 41 heavy (non-hydrogen) atoms. The molecular weight excluding hydrogens is 524 g/mol. The predicted molar refractivity (Wildman–Crippen MR) is 154 cm³/mol. The number of phenols is 1. The fourth-order valence-corrected chi connectivity index (χ4v) is 4.56. The van der Waals surface area contributed by atoms with Crippen LogP contribution in [0, 0.1) is 0 Å². The van der Waals surface area contributed by atoms with Gasteiger partial charge >= 0.3 is 0 Å². The molecule has 1 atom stereocenters. The molecular formula is C33H34O8. The lowest BCUT2D eigenvalue weighted by molar-refractivity contribution is -0.110. The van der Waals surface area contributed by atoms with Crippen molar-refractivity contribution in [2.45, 2.75) is 25.4 Å². The molecule has 8 nitrogen and oxygen atoms in total. The molecule has 0 radical (unpaired) electrons. The summed E-state index contributed by atoms with van der Waals surface area (Å²) in [4.78, 5) is 14.0. The third-order valence-electron chi connectivity index (χ3n) is 6.59. The van der Waals surface area contributed by atoms with Crippen LogP contribution in [0.5, 0.6) is 28.7 Å². The molecule has 0 aliphatic rings. The lowest BCUT2D eigenvalue weighted by atomic mass is 9.88. The number of benzene rings is 4. The predicted octanol–water partition coefficient (Wildman–Crippen LogP) is 6.15. The number of hydrogen-bond acceptors (Lipinski definition) is 8. The fourth-order valence-electron chi connectivity index (χ4n) is 4.56. The van der Waals surface area contributed by atoms with Gasteiger partial charge in [-0.05, 0) is 29.3 Å². The van der Waals surface area contributed by atoms with Crippen LogP contribution in [-0.4, -0.2) is 45.6 Å². The molecule has 0 aliphatic carbocycles. The fraction of sp³-hybridized carbons (Fsp3) is 0.242. The van der Waals surface area contributed by atoms with Crippen molar-refractivity contribution in [3.05, 3.63) is 113 Å². The minimum Gasteiger partial charge on any atom is -0.507 e. The van der Waals surface area contributed by atoms with Gasteiger partial charge in [-0.15, -0.1) is 0 Å². The smallest absolute Gasteiger partial charge is 0.203 e. The van der Waals surface area contributed by atoms with E-state index in [-0.39, 0.29) is 17.1 Å². The largest absolute Gasteiger partial charge is 0.507 e. The van der Waals surface area contributed by atoms with E-state index in [1.165, 1.54) is 40.6 Å². The highest BCUT2D eigenvalue weighted by atomic mass is 16.7. The van der Waals surface area contributed by atoms with E-state index in [4.69, 9.17) is 28.4 Å². The van der Waals surface area contributed by atoms with Crippen LogP contribution in [-0.2, 0) is 22.7 Å². The first-order valence-electron chi connectivity index (χ1n) is 13.0. The second-order valence-electron chi connectivity index (χ2n) is 9.13. The molecule has 4 aromatic carbocycles. The van der Waals surface area contributed by atoms with Crippen molar-refractivity contribution >= 4 is 5.78 Å². The molecule has 0 aliphatic heterocycles. The van der Waals surface area contributed by atoms with E-state index in [0.717, 1.165) is 11.1 Å². The highest BCUT2D eigenvalue weighted by molar-refractivity contribution is 6.04. The Bertz CT molecular complexity index is 1420. The minimum atomic E-state index is -1.01. The molecule has 0 fully saturated rings. The summed E-state index contributed by atoms with van der Waals surface area (Å²) >= 11 is 0. The summed E-state index contributed by atoms with van der Waals surface area (Å²) in [6.45, 7) is 0.634. The monoisotopic (exact) mass is 558 g/mol. The van der Waals surface area contributed by atoms with Crippen molar-refractivity contribution in [3.8, 4) is 28.7 Å². The topological polar surface area (TPSA) is 92.7 Å². The maximum atomic E-state index is 14.0. The van der Waals surface area contributed by atoms with E-state index < -0.39 is 18.0 Å². The molecule has 4 rings (SSSR count). The maximum Gasteiger partial charge on any atom is 0.203 e. The van der Waals surface area contributed by atoms with E-state index in [1.54, 1.807) is 18.2 Å². The van der Waals surface area contributed by atoms with Crippen LogP contribution in [0.15, 0.2) is 91.0 Å². The zero-order valence-corrected chi connectivity index (χ0v) is 23.5. The SMILES string of the molecule is COc1c(OCc2ccccc2)ccc(C(C(=O)c2ccc(OCc3ccccc3)cc2O)C(OC)OC)c1OC. The van der Waals surface area contributed by atoms with Gasteiger partial charge < -0.3 is 33.5 Å². The molecule has 0 heterocycles. The number of methoxy groups -OCH3 is 4. The molecule has 4 aromatic rings. The number of rotatable bonds is 14. The first kappa shape index (κ1) is 29.5. The summed E-state index contributed by atoms with van der Waals surface area (Å²) in [6.07, 6.45) is -0.995. The molecule has 0 amide bonds. The summed E-state index contributed by atoms with van der Waals surface area (Å²) in [6, 6.07) is 27.4. The molecule has 8 heteroatoms. The van der Waals surface area contributed by atoms with Gasteiger partial charge in [0.1, 0.15) is 30.6 Å². The van der Waals surface area contributed by atoms with Crippen molar-refractivity contribution in [1.82, 2.24) is 0 Å². The third-order valence-corrected chi connectivity index (χ3v) is 6.59. The molecule has 1 unspecified atom stereocenters. The Balaban J connectivity index is 1.65. The van der Waals surface area contributed by atoms with Crippen LogP contribution in [0.3, 0.4) is 0 Å². The summed E-state index contributed by atoms with van der Waals surface area (Å²) in [7, 11) is 5.86. The molecule has 0 aromatic heterocycles. The highest BCUT2D eigenvalue weighted by Crippen LogP contribution is 2.45. The second-order valence-corrected chi connectivity index (χ2v) is 9.13. The average molecular weight is 559 g/mol. The van der Waals surface area contributed by atoms with Gasteiger partial charge in [-0.25, -0.2) is 0 Å². The molecule has 0 bridgehead atoms. The molecule has 0 spiro atoms. The zero-order chi connectivity index (χ0) is 29.2. The Morgan fingerprint density at radius 1 is 0.707 bits per heavy atom. The normalized spacial score (nSPS) is 11.6. The van der Waals surface area contributed by atoms with Crippen molar-refractivity contribution in [2.24, 2.45) is 0 Å². The van der Waals surface area contributed by atoms with Crippen molar-refractivity contribution in [3.63, 3.8) is 0 Å². The van der Waals surface area contributed by atoms with Gasteiger partial charge in [0.2, 0.25) is 5.75 Å². The molecule has 0 saturated carbocycles. The minimum absolute atomic E-state index is 0.0755. The van der Waals surface area contributed by atoms with Crippen LogP contribution in [0.1, 0.15) is 33.0 Å². The molecule has 0 saturated heterocycles. The van der Waals surface area contributed by atoms with Crippen LogP contribution >= 0.6 is 0 Å². The van der Waals surface area contributed by atoms with Gasteiger partial charge in [0.05, 0.1) is 19.8 Å². The van der Waals surface area contributed by atoms with Gasteiger partial charge in [0, 0.05) is 25.8 Å². The Morgan fingerprint density at radius 3 is 1.83 bits per heavy atom. The summed E-state index contributed by atoms with van der Waals surface area (Å²) in [5.41, 5.74) is 2.48. The maximum absolute atomic E-state index is 14.0. The van der Waals surface area contributed by atoms with E-state index >= 15 is 0 Å². The average Bonchev–Trinajstić information content (AvgIpc) is 3.02. The van der Waals surface area contributed by atoms with Crippen molar-refractivity contribution < 1.29 is 38.3 Å². The third kappa shape index (κ3) is 6.98. The number of carbonyl (C=O) groups excluding carboxylic acids is 1. The van der Waals surface area contributed by atoms with Crippen LogP contribution in [0.4, 0.5) is 0 Å². The van der Waals surface area contributed by atoms with Gasteiger partial charge in [-0.2, -0.15) is 0 Å². The zero-order valence-electron chi connectivity index (χ0n) is 23.5. The summed E-state index contributed by atoms with van der Waals surface area (Å²) in [5, 5.41) is 10.9. The molecule has 1 N–H and O–H groups in total. The van der Waals surface area contributed by atoms with Crippen molar-refractivity contribution in [2.75, 3.05) is 28.4 Å². The lowest BCUT2D eigenvalue weighted by Crippen LogP contribution is -2.30. The summed E-state index contributed by atoms with van der Waals surface area (Å²) < 4.78 is 34.3. The second kappa shape index (κ2) is 14.2. The number of carbonyl (C=O) groups is 1. The van der Waals surface area contributed by atoms with Crippen LogP contribution in [0.25, 0.3) is 0 Å². The van der Waals surface area contributed by atoms with E-state index in [0.29, 0.717) is 36.0 Å². The number of hydrogen-bond donors (Lipinski definition) is 1. The van der Waals surface area contributed by atoms with Gasteiger partial charge in [0.25, 0.3) is 0 Å². The number of phenolic OH excluding ortho intramolecular Hbond substituents is 1. The molecule has 214 valence electrons. The Labute approximate surface area is 240 Å². The quantitative estimate of drug-likeness (QED) is 0.146. The lowest BCUT2D eigenvalue weighted by Gasteiger charge is -2.27. The van der Waals surface area contributed by atoms with Gasteiger partial charge in [-0.3, -0.25) is 4.79 Å². The highest BCUT2D eigenvalue weighted by Gasteiger charge is 2.36. The van der Waals surface area contributed by atoms with E-state index in [1.807, 2.05) is 60.7 Å². The van der Waals surface area contributed by atoms with Crippen molar-refractivity contribution in [1.29, 1.82) is 0 Å². The summed E-state index contributed by atoms with van der Waals surface area (Å²) in [5.74, 6) is -0.212. The number of ketones is 1.